The number of thiophene rings is 1. The molecule has 0 amide bonds. The summed E-state index contributed by atoms with van der Waals surface area (Å²) in [6.07, 6.45) is -0.167. The van der Waals surface area contributed by atoms with E-state index in [1.165, 1.54) is 0 Å². The summed E-state index contributed by atoms with van der Waals surface area (Å²) in [5, 5.41) is 11.4. The number of carbonyl (C=O) groups is 2. The first-order valence-electron chi connectivity index (χ1n) is 2.42. The molecule has 0 spiro atoms. The Bertz CT molecular complexity index is 164. The zero-order chi connectivity index (χ0) is 7.82. The Balaban J connectivity index is 0.000000162. The molecule has 1 aromatic heterocycles. The molecule has 1 N–H and O–H groups in total. The topological polar surface area (TPSA) is 54.4 Å². The summed E-state index contributed by atoms with van der Waals surface area (Å²) in [7, 11) is 0. The SMILES string of the molecule is O=CC(=O)O.c1ccsc1. The van der Waals surface area contributed by atoms with Crippen molar-refractivity contribution in [1.29, 1.82) is 0 Å². The van der Waals surface area contributed by atoms with Crippen molar-refractivity contribution in [3.8, 4) is 0 Å². The van der Waals surface area contributed by atoms with Crippen LogP contribution in [0.25, 0.3) is 0 Å². The molecule has 0 atom stereocenters. The Morgan fingerprint density at radius 1 is 1.40 bits per heavy atom. The van der Waals surface area contributed by atoms with Gasteiger partial charge in [0.05, 0.1) is 0 Å². The molecular formula is C6H6O3S. The van der Waals surface area contributed by atoms with Crippen LogP contribution in [-0.4, -0.2) is 17.4 Å². The van der Waals surface area contributed by atoms with Crippen LogP contribution in [0.5, 0.6) is 0 Å². The van der Waals surface area contributed by atoms with E-state index in [4.69, 9.17) is 14.7 Å². The van der Waals surface area contributed by atoms with Crippen LogP contribution >= 0.6 is 11.3 Å². The summed E-state index contributed by atoms with van der Waals surface area (Å²) < 4.78 is 0. The van der Waals surface area contributed by atoms with E-state index < -0.39 is 5.97 Å². The number of hydrogen-bond donors (Lipinski definition) is 1. The monoisotopic (exact) mass is 158 g/mol. The predicted octanol–water partition coefficient (Wildman–Crippen LogP) is 1.02. The molecule has 0 aliphatic heterocycles. The normalized spacial score (nSPS) is 7.20. The van der Waals surface area contributed by atoms with Crippen LogP contribution in [0.4, 0.5) is 0 Å². The molecule has 4 heteroatoms. The lowest BCUT2D eigenvalue weighted by Gasteiger charge is -1.59. The van der Waals surface area contributed by atoms with Gasteiger partial charge in [-0.2, -0.15) is 11.3 Å². The molecule has 3 nitrogen and oxygen atoms in total. The first-order valence-corrected chi connectivity index (χ1v) is 3.37. The average Bonchev–Trinajstić information content (AvgIpc) is 2.43. The van der Waals surface area contributed by atoms with Crippen LogP contribution in [0, 0.1) is 0 Å². The van der Waals surface area contributed by atoms with E-state index in [0.717, 1.165) is 0 Å². The third-order valence-corrected chi connectivity index (χ3v) is 1.15. The van der Waals surface area contributed by atoms with E-state index in [-0.39, 0.29) is 6.29 Å². The van der Waals surface area contributed by atoms with Gasteiger partial charge in [-0.3, -0.25) is 4.79 Å². The van der Waals surface area contributed by atoms with Gasteiger partial charge >= 0.3 is 5.97 Å². The fourth-order valence-electron chi connectivity index (χ4n) is 0.227. The van der Waals surface area contributed by atoms with Crippen molar-refractivity contribution in [2.75, 3.05) is 0 Å². The molecule has 0 saturated heterocycles. The number of carboxylic acids is 1. The third-order valence-electron chi connectivity index (χ3n) is 0.526. The van der Waals surface area contributed by atoms with Gasteiger partial charge in [0.2, 0.25) is 6.29 Å². The molecule has 1 rings (SSSR count). The molecule has 1 aromatic rings. The van der Waals surface area contributed by atoms with Gasteiger partial charge in [0.1, 0.15) is 0 Å². The molecule has 1 heterocycles. The number of carbonyl (C=O) groups excluding carboxylic acids is 1. The van der Waals surface area contributed by atoms with Gasteiger partial charge in [-0.25, -0.2) is 4.79 Å². The number of aldehydes is 1. The highest BCUT2D eigenvalue weighted by Crippen LogP contribution is 1.91. The minimum atomic E-state index is -1.43. The lowest BCUT2D eigenvalue weighted by molar-refractivity contribution is -0.143. The summed E-state index contributed by atoms with van der Waals surface area (Å²) in [5.74, 6) is -1.43. The van der Waals surface area contributed by atoms with Crippen LogP contribution < -0.4 is 0 Å². The summed E-state index contributed by atoms with van der Waals surface area (Å²) in [6, 6.07) is 4.04. The van der Waals surface area contributed by atoms with Gasteiger partial charge in [0.25, 0.3) is 0 Å². The van der Waals surface area contributed by atoms with Crippen molar-refractivity contribution in [2.45, 2.75) is 0 Å². The second-order valence-corrected chi connectivity index (χ2v) is 2.07. The molecule has 0 fully saturated rings. The summed E-state index contributed by atoms with van der Waals surface area (Å²) in [6.45, 7) is 0. The van der Waals surface area contributed by atoms with Crippen molar-refractivity contribution in [1.82, 2.24) is 0 Å². The fraction of sp³-hybridized carbons (Fsp3) is 0. The van der Waals surface area contributed by atoms with Crippen molar-refractivity contribution < 1.29 is 14.7 Å². The van der Waals surface area contributed by atoms with Gasteiger partial charge in [-0.1, -0.05) is 12.1 Å². The van der Waals surface area contributed by atoms with E-state index in [9.17, 15) is 0 Å². The second-order valence-electron chi connectivity index (χ2n) is 1.25. The van der Waals surface area contributed by atoms with E-state index >= 15 is 0 Å². The zero-order valence-corrected chi connectivity index (χ0v) is 5.88. The fourth-order valence-corrected chi connectivity index (χ4v) is 0.680. The van der Waals surface area contributed by atoms with Crippen LogP contribution in [0.1, 0.15) is 0 Å². The van der Waals surface area contributed by atoms with Crippen molar-refractivity contribution >= 4 is 23.6 Å². The smallest absolute Gasteiger partial charge is 0.368 e. The van der Waals surface area contributed by atoms with Crippen LogP contribution in [-0.2, 0) is 9.59 Å². The maximum absolute atomic E-state index is 9.00. The van der Waals surface area contributed by atoms with E-state index in [1.807, 2.05) is 22.9 Å². The number of aliphatic carboxylic acids is 1. The Morgan fingerprint density at radius 2 is 1.80 bits per heavy atom. The second kappa shape index (κ2) is 5.97. The third kappa shape index (κ3) is 6.84. The molecular weight excluding hydrogens is 152 g/mol. The Hall–Kier alpha value is -1.16. The summed E-state index contributed by atoms with van der Waals surface area (Å²) >= 11 is 1.71. The summed E-state index contributed by atoms with van der Waals surface area (Å²) in [4.78, 5) is 17.9. The van der Waals surface area contributed by atoms with Crippen molar-refractivity contribution in [3.63, 3.8) is 0 Å². The standard InChI is InChI=1S/C4H4S.C2H2O3/c1-2-4-5-3-1;3-1-2(4)5/h1-4H;1H,(H,4,5). The van der Waals surface area contributed by atoms with Gasteiger partial charge in [-0.05, 0) is 10.8 Å². The molecule has 0 bridgehead atoms. The highest BCUT2D eigenvalue weighted by Gasteiger charge is 1.80. The zero-order valence-electron chi connectivity index (χ0n) is 5.06. The highest BCUT2D eigenvalue weighted by molar-refractivity contribution is 7.07. The Kier molecular flexibility index (Phi) is 5.28. The maximum atomic E-state index is 9.00. The molecule has 0 aliphatic carbocycles. The molecule has 0 unspecified atom stereocenters. The number of rotatable bonds is 1. The van der Waals surface area contributed by atoms with Crippen molar-refractivity contribution in [3.05, 3.63) is 22.9 Å². The van der Waals surface area contributed by atoms with E-state index in [2.05, 4.69) is 0 Å². The quantitative estimate of drug-likeness (QED) is 0.490. The van der Waals surface area contributed by atoms with E-state index in [1.54, 1.807) is 11.3 Å². The van der Waals surface area contributed by atoms with Crippen molar-refractivity contribution in [2.24, 2.45) is 0 Å². The van der Waals surface area contributed by atoms with Crippen LogP contribution in [0.3, 0.4) is 0 Å². The first-order chi connectivity index (χ1) is 4.77. The van der Waals surface area contributed by atoms with Gasteiger partial charge in [-0.15, -0.1) is 0 Å². The van der Waals surface area contributed by atoms with E-state index in [0.29, 0.717) is 0 Å². The lowest BCUT2D eigenvalue weighted by atomic mass is 10.7. The van der Waals surface area contributed by atoms with Crippen LogP contribution in [0.2, 0.25) is 0 Å². The highest BCUT2D eigenvalue weighted by atomic mass is 32.1. The molecule has 54 valence electrons. The average molecular weight is 158 g/mol. The molecule has 0 aliphatic rings. The molecule has 10 heavy (non-hydrogen) atoms. The van der Waals surface area contributed by atoms with Gasteiger partial charge in [0.15, 0.2) is 0 Å². The lowest BCUT2D eigenvalue weighted by Crippen LogP contribution is -1.91. The Morgan fingerprint density at radius 3 is 1.90 bits per heavy atom. The van der Waals surface area contributed by atoms with Gasteiger partial charge in [0, 0.05) is 0 Å². The molecule has 0 aromatic carbocycles. The predicted molar refractivity (Wildman–Crippen MR) is 38.0 cm³/mol. The largest absolute Gasteiger partial charge is 0.476 e. The first kappa shape index (κ1) is 8.84. The maximum Gasteiger partial charge on any atom is 0.368 e. The van der Waals surface area contributed by atoms with Crippen LogP contribution in [0.15, 0.2) is 22.9 Å². The van der Waals surface area contributed by atoms with Gasteiger partial charge < -0.3 is 5.11 Å². The molecule has 0 radical (unpaired) electrons. The number of hydrogen-bond acceptors (Lipinski definition) is 3. The molecule has 0 saturated carbocycles. The number of carboxylic acid groups (broad SMARTS) is 1. The minimum Gasteiger partial charge on any atom is -0.476 e. The Labute approximate surface area is 61.9 Å². The minimum absolute atomic E-state index is 0.167. The summed E-state index contributed by atoms with van der Waals surface area (Å²) in [5.41, 5.74) is 0.